The zero-order chi connectivity index (χ0) is 14.7. The van der Waals surface area contributed by atoms with Crippen LogP contribution in [0.1, 0.15) is 16.0 Å². The molecule has 0 aliphatic rings. The zero-order valence-corrected chi connectivity index (χ0v) is 14.9. The van der Waals surface area contributed by atoms with Crippen LogP contribution >= 0.6 is 43.5 Å². The summed E-state index contributed by atoms with van der Waals surface area (Å²) in [6.45, 7) is 0. The number of hydrogen-bond donors (Lipinski definition) is 0. The minimum absolute atomic E-state index is 0.00463. The molecule has 2 rings (SSSR count). The van der Waals surface area contributed by atoms with Gasteiger partial charge in [0.2, 0.25) is 0 Å². The van der Waals surface area contributed by atoms with Crippen LogP contribution in [-0.2, 0) is 0 Å². The standard InChI is InChI=1S/C15H13Br2ClO2/c1-19-10-4-6-12(14(8-10)20-2)15(17)11-5-3-9(18)7-13(11)16/h3-8,15H,1-2H3. The number of ether oxygens (including phenoxy) is 2. The summed E-state index contributed by atoms with van der Waals surface area (Å²) in [5.74, 6) is 1.54. The second-order valence-corrected chi connectivity index (χ2v) is 6.34. The van der Waals surface area contributed by atoms with Crippen molar-refractivity contribution in [3.8, 4) is 11.5 Å². The predicted octanol–water partition coefficient (Wildman–Crippen LogP) is 5.60. The molecule has 0 bridgehead atoms. The summed E-state index contributed by atoms with van der Waals surface area (Å²) in [5, 5.41) is 0.696. The normalized spacial score (nSPS) is 12.1. The second kappa shape index (κ2) is 6.83. The Morgan fingerprint density at radius 1 is 1.00 bits per heavy atom. The fourth-order valence-electron chi connectivity index (χ4n) is 1.90. The fraction of sp³-hybridized carbons (Fsp3) is 0.200. The predicted molar refractivity (Wildman–Crippen MR) is 89.5 cm³/mol. The molecular formula is C15H13Br2ClO2. The van der Waals surface area contributed by atoms with Gasteiger partial charge in [-0.1, -0.05) is 55.6 Å². The van der Waals surface area contributed by atoms with Crippen LogP contribution in [0.4, 0.5) is 0 Å². The number of rotatable bonds is 4. The molecule has 2 aromatic rings. The van der Waals surface area contributed by atoms with Crippen LogP contribution in [0.2, 0.25) is 5.02 Å². The third-order valence-electron chi connectivity index (χ3n) is 2.95. The molecule has 1 unspecified atom stereocenters. The van der Waals surface area contributed by atoms with E-state index in [4.69, 9.17) is 21.1 Å². The topological polar surface area (TPSA) is 18.5 Å². The highest BCUT2D eigenvalue weighted by atomic mass is 79.9. The molecule has 0 aliphatic carbocycles. The SMILES string of the molecule is COc1ccc(C(Br)c2ccc(Cl)cc2Br)c(OC)c1. The second-order valence-electron chi connectivity index (χ2n) is 4.14. The molecule has 20 heavy (non-hydrogen) atoms. The van der Waals surface area contributed by atoms with E-state index in [1.54, 1.807) is 14.2 Å². The van der Waals surface area contributed by atoms with Crippen LogP contribution in [0, 0.1) is 0 Å². The Morgan fingerprint density at radius 2 is 1.70 bits per heavy atom. The first-order valence-corrected chi connectivity index (χ1v) is 7.96. The fourth-order valence-corrected chi connectivity index (χ4v) is 3.90. The Balaban J connectivity index is 2.44. The first kappa shape index (κ1) is 15.7. The van der Waals surface area contributed by atoms with Gasteiger partial charge in [-0.15, -0.1) is 0 Å². The molecule has 0 aliphatic heterocycles. The van der Waals surface area contributed by atoms with Gasteiger partial charge in [-0.2, -0.15) is 0 Å². The van der Waals surface area contributed by atoms with Crippen molar-refractivity contribution in [3.63, 3.8) is 0 Å². The number of hydrogen-bond acceptors (Lipinski definition) is 2. The molecule has 0 heterocycles. The van der Waals surface area contributed by atoms with Crippen molar-refractivity contribution in [2.45, 2.75) is 4.83 Å². The van der Waals surface area contributed by atoms with E-state index in [1.165, 1.54) is 0 Å². The number of methoxy groups -OCH3 is 2. The third-order valence-corrected chi connectivity index (χ3v) is 4.86. The van der Waals surface area contributed by atoms with Crippen molar-refractivity contribution in [1.29, 1.82) is 0 Å². The maximum atomic E-state index is 5.98. The molecule has 0 amide bonds. The van der Waals surface area contributed by atoms with Gasteiger partial charge in [-0.3, -0.25) is 0 Å². The van der Waals surface area contributed by atoms with Gasteiger partial charge in [0.05, 0.1) is 19.0 Å². The molecule has 0 spiro atoms. The van der Waals surface area contributed by atoms with Crippen LogP contribution in [-0.4, -0.2) is 14.2 Å². The molecular weight excluding hydrogens is 407 g/mol. The van der Waals surface area contributed by atoms with Gasteiger partial charge in [-0.05, 0) is 23.8 Å². The van der Waals surface area contributed by atoms with Crippen molar-refractivity contribution >= 4 is 43.5 Å². The lowest BCUT2D eigenvalue weighted by atomic mass is 10.0. The minimum atomic E-state index is -0.00463. The summed E-state index contributed by atoms with van der Waals surface area (Å²) in [4.78, 5) is -0.00463. The van der Waals surface area contributed by atoms with Crippen LogP contribution in [0.5, 0.6) is 11.5 Å². The summed E-state index contributed by atoms with van der Waals surface area (Å²) in [6, 6.07) is 11.5. The van der Waals surface area contributed by atoms with E-state index in [9.17, 15) is 0 Å². The third kappa shape index (κ3) is 3.30. The first-order valence-electron chi connectivity index (χ1n) is 5.87. The van der Waals surface area contributed by atoms with Gasteiger partial charge in [-0.25, -0.2) is 0 Å². The number of halogens is 3. The monoisotopic (exact) mass is 418 g/mol. The van der Waals surface area contributed by atoms with Crippen LogP contribution < -0.4 is 9.47 Å². The van der Waals surface area contributed by atoms with E-state index < -0.39 is 0 Å². The molecule has 0 fully saturated rings. The van der Waals surface area contributed by atoms with Crippen LogP contribution in [0.3, 0.4) is 0 Å². The van der Waals surface area contributed by atoms with Crippen molar-refractivity contribution in [1.82, 2.24) is 0 Å². The van der Waals surface area contributed by atoms with E-state index in [1.807, 2.05) is 36.4 Å². The Labute approximate surface area is 140 Å². The lowest BCUT2D eigenvalue weighted by Crippen LogP contribution is -1.98. The molecule has 1 atom stereocenters. The van der Waals surface area contributed by atoms with E-state index in [0.29, 0.717) is 5.02 Å². The maximum absolute atomic E-state index is 5.98. The van der Waals surface area contributed by atoms with Gasteiger partial charge >= 0.3 is 0 Å². The highest BCUT2D eigenvalue weighted by Crippen LogP contribution is 2.41. The van der Waals surface area contributed by atoms with Crippen molar-refractivity contribution in [3.05, 3.63) is 57.0 Å². The van der Waals surface area contributed by atoms with Gasteiger partial charge in [0.25, 0.3) is 0 Å². The molecule has 5 heteroatoms. The Bertz CT molecular complexity index is 617. The molecule has 106 valence electrons. The number of alkyl halides is 1. The Morgan fingerprint density at radius 3 is 2.30 bits per heavy atom. The van der Waals surface area contributed by atoms with Gasteiger partial charge in [0, 0.05) is 21.1 Å². The smallest absolute Gasteiger partial charge is 0.127 e. The quantitative estimate of drug-likeness (QED) is 0.599. The highest BCUT2D eigenvalue weighted by molar-refractivity contribution is 9.11. The van der Waals surface area contributed by atoms with Crippen LogP contribution in [0.15, 0.2) is 40.9 Å². The largest absolute Gasteiger partial charge is 0.497 e. The van der Waals surface area contributed by atoms with Crippen molar-refractivity contribution in [2.75, 3.05) is 14.2 Å². The zero-order valence-electron chi connectivity index (χ0n) is 11.0. The van der Waals surface area contributed by atoms with Gasteiger partial charge in [0.15, 0.2) is 0 Å². The van der Waals surface area contributed by atoms with E-state index >= 15 is 0 Å². The average molecular weight is 421 g/mol. The summed E-state index contributed by atoms with van der Waals surface area (Å²) in [7, 11) is 3.28. The minimum Gasteiger partial charge on any atom is -0.497 e. The molecule has 2 nitrogen and oxygen atoms in total. The molecule has 0 saturated heterocycles. The summed E-state index contributed by atoms with van der Waals surface area (Å²) >= 11 is 13.2. The lowest BCUT2D eigenvalue weighted by molar-refractivity contribution is 0.391. The summed E-state index contributed by atoms with van der Waals surface area (Å²) in [6.07, 6.45) is 0. The van der Waals surface area contributed by atoms with Crippen molar-refractivity contribution < 1.29 is 9.47 Å². The molecule has 0 N–H and O–H groups in total. The highest BCUT2D eigenvalue weighted by Gasteiger charge is 2.18. The molecule has 0 radical (unpaired) electrons. The van der Waals surface area contributed by atoms with Crippen molar-refractivity contribution in [2.24, 2.45) is 0 Å². The Kier molecular flexibility index (Phi) is 5.35. The van der Waals surface area contributed by atoms with E-state index in [-0.39, 0.29) is 4.83 Å². The average Bonchev–Trinajstić information content (AvgIpc) is 2.46. The molecule has 0 aromatic heterocycles. The number of benzene rings is 2. The first-order chi connectivity index (χ1) is 9.56. The summed E-state index contributed by atoms with van der Waals surface area (Å²) in [5.41, 5.74) is 2.11. The lowest BCUT2D eigenvalue weighted by Gasteiger charge is -2.17. The van der Waals surface area contributed by atoms with Crippen LogP contribution in [0.25, 0.3) is 0 Å². The van der Waals surface area contributed by atoms with E-state index in [0.717, 1.165) is 27.1 Å². The van der Waals surface area contributed by atoms with E-state index in [2.05, 4.69) is 31.9 Å². The molecule has 0 saturated carbocycles. The maximum Gasteiger partial charge on any atom is 0.127 e. The molecule has 2 aromatic carbocycles. The summed E-state index contributed by atoms with van der Waals surface area (Å²) < 4.78 is 11.6. The Hall–Kier alpha value is -0.710. The van der Waals surface area contributed by atoms with Gasteiger partial charge < -0.3 is 9.47 Å². The van der Waals surface area contributed by atoms with Gasteiger partial charge in [0.1, 0.15) is 11.5 Å².